The second kappa shape index (κ2) is 6.89. The van der Waals surface area contributed by atoms with Crippen LogP contribution in [0.15, 0.2) is 6.33 Å². The topological polar surface area (TPSA) is 72.3 Å². The molecule has 2 rings (SSSR count). The number of nitrogens with one attached hydrogen (secondary N) is 1. The summed E-state index contributed by atoms with van der Waals surface area (Å²) in [5.74, 6) is 0.623. The van der Waals surface area contributed by atoms with Gasteiger partial charge in [0, 0.05) is 20.7 Å². The van der Waals surface area contributed by atoms with E-state index in [4.69, 9.17) is 4.74 Å². The predicted octanol–water partition coefficient (Wildman–Crippen LogP) is 1.31. The molecule has 1 saturated heterocycles. The number of carbonyl (C=O) groups excluding carboxylic acids is 1. The Morgan fingerprint density at radius 1 is 1.57 bits per heavy atom. The molecule has 1 N–H and O–H groups in total. The quantitative estimate of drug-likeness (QED) is 0.859. The highest BCUT2D eigenvalue weighted by molar-refractivity contribution is 5.75. The Bertz CT molecular complexity index is 468. The van der Waals surface area contributed by atoms with Crippen LogP contribution < -0.4 is 5.32 Å². The summed E-state index contributed by atoms with van der Waals surface area (Å²) in [5, 5.41) is 7.08. The summed E-state index contributed by atoms with van der Waals surface area (Å²) in [6, 6.07) is -0.0505. The molecule has 7 heteroatoms. The third-order valence-electron chi connectivity index (χ3n) is 4.01. The molecule has 1 aliphatic rings. The number of hydrogen-bond donors (Lipinski definition) is 1. The zero-order valence-electron chi connectivity index (χ0n) is 13.1. The van der Waals surface area contributed by atoms with Gasteiger partial charge in [0.1, 0.15) is 6.33 Å². The van der Waals surface area contributed by atoms with Gasteiger partial charge < -0.3 is 15.0 Å². The van der Waals surface area contributed by atoms with Crippen LogP contribution >= 0.6 is 0 Å². The van der Waals surface area contributed by atoms with E-state index in [0.717, 1.165) is 32.2 Å². The summed E-state index contributed by atoms with van der Waals surface area (Å²) in [5.41, 5.74) is -0.162. The van der Waals surface area contributed by atoms with Crippen molar-refractivity contribution in [3.8, 4) is 0 Å². The lowest BCUT2D eigenvalue weighted by Gasteiger charge is -2.38. The van der Waals surface area contributed by atoms with Crippen LogP contribution in [-0.2, 0) is 18.3 Å². The third kappa shape index (κ3) is 3.53. The number of carbonyl (C=O) groups is 1. The number of likely N-dealkylation sites (tertiary alicyclic amines) is 1. The molecule has 7 nitrogen and oxygen atoms in total. The normalized spacial score (nSPS) is 21.8. The van der Waals surface area contributed by atoms with Crippen molar-refractivity contribution in [3.05, 3.63) is 12.2 Å². The lowest BCUT2D eigenvalue weighted by Crippen LogP contribution is -2.53. The van der Waals surface area contributed by atoms with Gasteiger partial charge in [0.15, 0.2) is 5.82 Å². The van der Waals surface area contributed by atoms with Gasteiger partial charge >= 0.3 is 6.03 Å². The maximum atomic E-state index is 12.5. The van der Waals surface area contributed by atoms with E-state index in [-0.39, 0.29) is 11.6 Å². The standard InChI is InChI=1S/C14H25N5O2/c1-4-6-14(10-21-3)7-5-8-19(14)13(20)15-9-12-16-11-18(2)17-12/h11H,4-10H2,1-3H3,(H,15,20)/t14-/m1/s1. The van der Waals surface area contributed by atoms with Crippen LogP contribution in [0.2, 0.25) is 0 Å². The lowest BCUT2D eigenvalue weighted by molar-refractivity contribution is 0.0500. The first-order chi connectivity index (χ1) is 10.1. The molecule has 21 heavy (non-hydrogen) atoms. The van der Waals surface area contributed by atoms with Gasteiger partial charge in [0.2, 0.25) is 0 Å². The molecule has 1 aromatic rings. The number of nitrogens with zero attached hydrogens (tertiary/aromatic N) is 4. The Hall–Kier alpha value is -1.63. The SMILES string of the molecule is CCC[C@]1(COC)CCCN1C(=O)NCc1ncn(C)n1. The van der Waals surface area contributed by atoms with Crippen LogP contribution in [-0.4, -0.2) is 51.5 Å². The van der Waals surface area contributed by atoms with Crippen molar-refractivity contribution >= 4 is 6.03 Å². The van der Waals surface area contributed by atoms with E-state index >= 15 is 0 Å². The Morgan fingerprint density at radius 2 is 2.38 bits per heavy atom. The van der Waals surface area contributed by atoms with Crippen molar-refractivity contribution in [1.29, 1.82) is 0 Å². The highest BCUT2D eigenvalue weighted by Crippen LogP contribution is 2.33. The van der Waals surface area contributed by atoms with Gasteiger partial charge in [0.05, 0.1) is 18.7 Å². The number of amides is 2. The van der Waals surface area contributed by atoms with E-state index in [1.54, 1.807) is 18.1 Å². The van der Waals surface area contributed by atoms with Crippen molar-refractivity contribution in [2.24, 2.45) is 7.05 Å². The fourth-order valence-electron chi connectivity index (χ4n) is 3.19. The van der Waals surface area contributed by atoms with E-state index < -0.39 is 0 Å². The largest absolute Gasteiger partial charge is 0.382 e. The van der Waals surface area contributed by atoms with E-state index in [1.165, 1.54) is 0 Å². The van der Waals surface area contributed by atoms with Gasteiger partial charge in [0.25, 0.3) is 0 Å². The first kappa shape index (κ1) is 15.8. The summed E-state index contributed by atoms with van der Waals surface area (Å²) >= 11 is 0. The van der Waals surface area contributed by atoms with Crippen molar-refractivity contribution in [3.63, 3.8) is 0 Å². The molecule has 0 spiro atoms. The summed E-state index contributed by atoms with van der Waals surface area (Å²) in [6.45, 7) is 3.87. The van der Waals surface area contributed by atoms with Crippen molar-refractivity contribution in [1.82, 2.24) is 25.0 Å². The number of aryl methyl sites for hydroxylation is 1. The van der Waals surface area contributed by atoms with Gasteiger partial charge in [-0.2, -0.15) is 5.10 Å². The van der Waals surface area contributed by atoms with Crippen LogP contribution in [0.4, 0.5) is 4.79 Å². The predicted molar refractivity (Wildman–Crippen MR) is 78.7 cm³/mol. The maximum absolute atomic E-state index is 12.5. The molecular formula is C14H25N5O2. The molecule has 1 fully saturated rings. The maximum Gasteiger partial charge on any atom is 0.318 e. The van der Waals surface area contributed by atoms with Gasteiger partial charge in [-0.1, -0.05) is 13.3 Å². The minimum absolute atomic E-state index is 0.0505. The highest BCUT2D eigenvalue weighted by atomic mass is 16.5. The summed E-state index contributed by atoms with van der Waals surface area (Å²) in [4.78, 5) is 18.5. The fraction of sp³-hybridized carbons (Fsp3) is 0.786. The average Bonchev–Trinajstić information content (AvgIpc) is 3.04. The monoisotopic (exact) mass is 295 g/mol. The Kier molecular flexibility index (Phi) is 5.17. The minimum atomic E-state index is -0.162. The highest BCUT2D eigenvalue weighted by Gasteiger charge is 2.42. The first-order valence-electron chi connectivity index (χ1n) is 7.50. The van der Waals surface area contributed by atoms with Crippen LogP contribution in [0.3, 0.4) is 0 Å². The van der Waals surface area contributed by atoms with Crippen molar-refractivity contribution in [2.75, 3.05) is 20.3 Å². The molecule has 0 radical (unpaired) electrons. The number of rotatable bonds is 6. The number of hydrogen-bond acceptors (Lipinski definition) is 4. The van der Waals surface area contributed by atoms with Crippen molar-refractivity contribution < 1.29 is 9.53 Å². The van der Waals surface area contributed by atoms with E-state index in [1.807, 2.05) is 11.9 Å². The van der Waals surface area contributed by atoms with E-state index in [2.05, 4.69) is 22.3 Å². The minimum Gasteiger partial charge on any atom is -0.382 e. The van der Waals surface area contributed by atoms with Crippen LogP contribution in [0.25, 0.3) is 0 Å². The number of aromatic nitrogens is 3. The molecule has 1 atom stereocenters. The molecule has 0 unspecified atom stereocenters. The molecule has 0 saturated carbocycles. The zero-order valence-corrected chi connectivity index (χ0v) is 13.1. The average molecular weight is 295 g/mol. The molecule has 0 aliphatic carbocycles. The van der Waals surface area contributed by atoms with Crippen LogP contribution in [0.1, 0.15) is 38.4 Å². The number of methoxy groups -OCH3 is 1. The second-order valence-corrected chi connectivity index (χ2v) is 5.66. The molecule has 118 valence electrons. The molecule has 2 heterocycles. The Morgan fingerprint density at radius 3 is 3.00 bits per heavy atom. The van der Waals surface area contributed by atoms with Gasteiger partial charge in [-0.3, -0.25) is 4.68 Å². The lowest BCUT2D eigenvalue weighted by atomic mass is 9.91. The first-order valence-corrected chi connectivity index (χ1v) is 7.50. The van der Waals surface area contributed by atoms with Crippen LogP contribution in [0, 0.1) is 0 Å². The second-order valence-electron chi connectivity index (χ2n) is 5.66. The fourth-order valence-corrected chi connectivity index (χ4v) is 3.19. The Balaban J connectivity index is 1.99. The van der Waals surface area contributed by atoms with Crippen LogP contribution in [0.5, 0.6) is 0 Å². The van der Waals surface area contributed by atoms with Gasteiger partial charge in [-0.05, 0) is 19.3 Å². The third-order valence-corrected chi connectivity index (χ3v) is 4.01. The zero-order chi connectivity index (χ0) is 15.3. The summed E-state index contributed by atoms with van der Waals surface area (Å²) in [7, 11) is 3.51. The summed E-state index contributed by atoms with van der Waals surface area (Å²) < 4.78 is 7.01. The molecule has 0 bridgehead atoms. The smallest absolute Gasteiger partial charge is 0.318 e. The molecule has 1 aliphatic heterocycles. The molecule has 1 aromatic heterocycles. The summed E-state index contributed by atoms with van der Waals surface area (Å²) in [6.07, 6.45) is 5.66. The van der Waals surface area contributed by atoms with Gasteiger partial charge in [-0.15, -0.1) is 0 Å². The molecule has 2 amide bonds. The van der Waals surface area contributed by atoms with Gasteiger partial charge in [-0.25, -0.2) is 9.78 Å². The van der Waals surface area contributed by atoms with Crippen molar-refractivity contribution in [2.45, 2.75) is 44.7 Å². The Labute approximate surface area is 125 Å². The molecule has 0 aromatic carbocycles. The number of ether oxygens (including phenoxy) is 1. The van der Waals surface area contributed by atoms with E-state index in [0.29, 0.717) is 19.0 Å². The number of urea groups is 1. The van der Waals surface area contributed by atoms with E-state index in [9.17, 15) is 4.79 Å². The molecular weight excluding hydrogens is 270 g/mol.